The molecule has 0 radical (unpaired) electrons. The molecule has 108 valence electrons. The third kappa shape index (κ3) is 2.88. The van der Waals surface area contributed by atoms with Crippen LogP contribution in [0.5, 0.6) is 0 Å². The topological polar surface area (TPSA) is 20.3 Å². The Morgan fingerprint density at radius 2 is 2.15 bits per heavy atom. The van der Waals surface area contributed by atoms with Gasteiger partial charge in [-0.25, -0.2) is 0 Å². The molecule has 1 aromatic carbocycles. The van der Waals surface area contributed by atoms with E-state index in [0.29, 0.717) is 11.8 Å². The third-order valence-corrected chi connectivity index (χ3v) is 6.00. The van der Waals surface area contributed by atoms with Crippen molar-refractivity contribution in [3.05, 3.63) is 29.8 Å². The van der Waals surface area contributed by atoms with Crippen molar-refractivity contribution in [2.75, 3.05) is 18.8 Å². The fraction of sp³-hybridized carbons (Fsp3) is 0.588. The van der Waals surface area contributed by atoms with Gasteiger partial charge >= 0.3 is 0 Å². The van der Waals surface area contributed by atoms with Crippen LogP contribution in [0.1, 0.15) is 44.1 Å². The maximum absolute atomic E-state index is 12.3. The second kappa shape index (κ2) is 6.21. The summed E-state index contributed by atoms with van der Waals surface area (Å²) in [7, 11) is 0. The molecule has 2 aliphatic rings. The van der Waals surface area contributed by atoms with E-state index in [1.165, 1.54) is 23.3 Å². The number of amides is 1. The predicted molar refractivity (Wildman–Crippen MR) is 84.1 cm³/mol. The van der Waals surface area contributed by atoms with Gasteiger partial charge in [0.15, 0.2) is 0 Å². The van der Waals surface area contributed by atoms with E-state index in [2.05, 4.69) is 36.1 Å². The Hall–Kier alpha value is -0.960. The Morgan fingerprint density at radius 1 is 1.30 bits per heavy atom. The van der Waals surface area contributed by atoms with Gasteiger partial charge in [-0.05, 0) is 30.4 Å². The zero-order valence-corrected chi connectivity index (χ0v) is 13.0. The molecule has 0 bridgehead atoms. The predicted octanol–water partition coefficient (Wildman–Crippen LogP) is 3.91. The van der Waals surface area contributed by atoms with Gasteiger partial charge in [-0.1, -0.05) is 31.5 Å². The van der Waals surface area contributed by atoms with Crippen LogP contribution in [0.3, 0.4) is 0 Å². The molecule has 20 heavy (non-hydrogen) atoms. The fourth-order valence-electron chi connectivity index (χ4n) is 3.34. The van der Waals surface area contributed by atoms with Crippen molar-refractivity contribution in [3.8, 4) is 0 Å². The number of nitrogens with zero attached hydrogens (tertiary/aromatic N) is 1. The highest BCUT2D eigenvalue weighted by Gasteiger charge is 2.28. The Kier molecular flexibility index (Phi) is 4.35. The minimum Gasteiger partial charge on any atom is -0.342 e. The van der Waals surface area contributed by atoms with Gasteiger partial charge in [-0.3, -0.25) is 4.79 Å². The maximum atomic E-state index is 12.3. The molecule has 0 aromatic heterocycles. The lowest BCUT2D eigenvalue weighted by molar-refractivity contribution is -0.130. The fourth-order valence-corrected chi connectivity index (χ4v) is 4.58. The smallest absolute Gasteiger partial charge is 0.222 e. The van der Waals surface area contributed by atoms with Crippen molar-refractivity contribution in [1.29, 1.82) is 0 Å². The summed E-state index contributed by atoms with van der Waals surface area (Å²) in [5.41, 5.74) is 1.45. The van der Waals surface area contributed by atoms with Crippen LogP contribution in [0, 0.1) is 5.92 Å². The molecule has 2 heterocycles. The molecule has 3 heteroatoms. The molecular weight excluding hydrogens is 266 g/mol. The molecule has 1 saturated heterocycles. The van der Waals surface area contributed by atoms with Crippen molar-refractivity contribution >= 4 is 17.7 Å². The summed E-state index contributed by atoms with van der Waals surface area (Å²) in [6, 6.07) is 8.67. The van der Waals surface area contributed by atoms with E-state index in [4.69, 9.17) is 0 Å². The van der Waals surface area contributed by atoms with Crippen LogP contribution in [0.15, 0.2) is 29.2 Å². The lowest BCUT2D eigenvalue weighted by atomic mass is 9.98. The largest absolute Gasteiger partial charge is 0.342 e. The van der Waals surface area contributed by atoms with Gasteiger partial charge in [0.1, 0.15) is 0 Å². The lowest BCUT2D eigenvalue weighted by Gasteiger charge is -2.24. The average molecular weight is 289 g/mol. The summed E-state index contributed by atoms with van der Waals surface area (Å²) in [4.78, 5) is 15.8. The summed E-state index contributed by atoms with van der Waals surface area (Å²) in [5.74, 6) is 2.77. The van der Waals surface area contributed by atoms with Crippen LogP contribution < -0.4 is 0 Å². The highest BCUT2D eigenvalue weighted by molar-refractivity contribution is 7.99. The van der Waals surface area contributed by atoms with Crippen LogP contribution in [0.2, 0.25) is 0 Å². The van der Waals surface area contributed by atoms with Gasteiger partial charge in [-0.2, -0.15) is 0 Å². The maximum Gasteiger partial charge on any atom is 0.222 e. The Morgan fingerprint density at radius 3 is 3.00 bits per heavy atom. The van der Waals surface area contributed by atoms with E-state index in [9.17, 15) is 4.79 Å². The molecule has 0 N–H and O–H groups in total. The minimum absolute atomic E-state index is 0.371. The third-order valence-electron chi connectivity index (χ3n) is 4.74. The van der Waals surface area contributed by atoms with E-state index in [-0.39, 0.29) is 0 Å². The normalized spacial score (nSPS) is 26.4. The molecule has 2 unspecified atom stereocenters. The summed E-state index contributed by atoms with van der Waals surface area (Å²) in [6.45, 7) is 4.12. The number of hydrogen-bond donors (Lipinski definition) is 0. The number of carbonyl (C=O) groups is 1. The number of thioether (sulfide) groups is 1. The van der Waals surface area contributed by atoms with Gasteiger partial charge in [-0.15, -0.1) is 11.8 Å². The Labute approximate surface area is 125 Å². The molecule has 0 spiro atoms. The van der Waals surface area contributed by atoms with Crippen molar-refractivity contribution < 1.29 is 4.79 Å². The van der Waals surface area contributed by atoms with Crippen LogP contribution in [0.4, 0.5) is 0 Å². The number of rotatable bonds is 3. The minimum atomic E-state index is 0.371. The first-order valence-corrected chi connectivity index (χ1v) is 8.76. The van der Waals surface area contributed by atoms with Gasteiger partial charge < -0.3 is 4.90 Å². The molecule has 1 amide bonds. The molecular formula is C17H23NOS. The summed E-state index contributed by atoms with van der Waals surface area (Å²) in [6.07, 6.45) is 4.23. The second-order valence-corrected chi connectivity index (χ2v) is 7.05. The van der Waals surface area contributed by atoms with Gasteiger partial charge in [0.2, 0.25) is 5.91 Å². The first-order chi connectivity index (χ1) is 9.78. The monoisotopic (exact) mass is 289 g/mol. The van der Waals surface area contributed by atoms with Crippen molar-refractivity contribution in [1.82, 2.24) is 4.90 Å². The number of benzene rings is 1. The van der Waals surface area contributed by atoms with Crippen LogP contribution in [-0.2, 0) is 4.79 Å². The van der Waals surface area contributed by atoms with Gasteiger partial charge in [0.25, 0.3) is 0 Å². The van der Waals surface area contributed by atoms with E-state index >= 15 is 0 Å². The molecule has 2 nitrogen and oxygen atoms in total. The van der Waals surface area contributed by atoms with Crippen molar-refractivity contribution in [3.63, 3.8) is 0 Å². The summed E-state index contributed by atoms with van der Waals surface area (Å²) < 4.78 is 0. The highest BCUT2D eigenvalue weighted by Crippen LogP contribution is 2.40. The van der Waals surface area contributed by atoms with Crippen molar-refractivity contribution in [2.45, 2.75) is 43.4 Å². The molecule has 2 atom stereocenters. The highest BCUT2D eigenvalue weighted by atomic mass is 32.2. The quantitative estimate of drug-likeness (QED) is 0.840. The molecule has 1 aromatic rings. The molecule has 3 rings (SSSR count). The van der Waals surface area contributed by atoms with E-state index in [1.807, 2.05) is 11.8 Å². The second-order valence-electron chi connectivity index (χ2n) is 5.99. The van der Waals surface area contributed by atoms with E-state index < -0.39 is 0 Å². The Balaban J connectivity index is 1.67. The first kappa shape index (κ1) is 14.0. The first-order valence-electron chi connectivity index (χ1n) is 7.77. The van der Waals surface area contributed by atoms with E-state index in [1.54, 1.807) is 0 Å². The van der Waals surface area contributed by atoms with Crippen LogP contribution in [-0.4, -0.2) is 29.6 Å². The molecule has 1 fully saturated rings. The number of hydrogen-bond acceptors (Lipinski definition) is 2. The number of fused-ring (bicyclic) bond motifs is 1. The zero-order chi connectivity index (χ0) is 13.9. The van der Waals surface area contributed by atoms with Gasteiger partial charge in [0.05, 0.1) is 0 Å². The zero-order valence-electron chi connectivity index (χ0n) is 12.2. The Bertz CT molecular complexity index is 488. The average Bonchev–Trinajstić information content (AvgIpc) is 2.80. The van der Waals surface area contributed by atoms with Crippen LogP contribution in [0.25, 0.3) is 0 Å². The van der Waals surface area contributed by atoms with Gasteiger partial charge in [0, 0.05) is 36.1 Å². The summed E-state index contributed by atoms with van der Waals surface area (Å²) >= 11 is 1.94. The van der Waals surface area contributed by atoms with E-state index in [0.717, 1.165) is 37.6 Å². The molecule has 0 aliphatic carbocycles. The SMILES string of the molecule is CCC1CCC(=O)N(CC2CSc3ccccc32)CC1. The lowest BCUT2D eigenvalue weighted by Crippen LogP contribution is -2.34. The molecule has 2 aliphatic heterocycles. The number of likely N-dealkylation sites (tertiary alicyclic amines) is 1. The standard InChI is InChI=1S/C17H23NOS/c1-2-13-7-8-17(19)18(10-9-13)11-14-12-20-16-6-4-3-5-15(14)16/h3-6,13-14H,2,7-12H2,1H3. The molecule has 0 saturated carbocycles. The summed E-state index contributed by atoms with van der Waals surface area (Å²) in [5, 5.41) is 0. The van der Waals surface area contributed by atoms with Crippen molar-refractivity contribution in [2.24, 2.45) is 5.92 Å². The number of carbonyl (C=O) groups excluding carboxylic acids is 1. The van der Waals surface area contributed by atoms with Crippen LogP contribution >= 0.6 is 11.8 Å².